The lowest BCUT2D eigenvalue weighted by Gasteiger charge is -2.15. The van der Waals surface area contributed by atoms with Crippen LogP contribution in [0.5, 0.6) is 0 Å². The van der Waals surface area contributed by atoms with Gasteiger partial charge in [-0.25, -0.2) is 13.4 Å². The highest BCUT2D eigenvalue weighted by molar-refractivity contribution is 7.92. The van der Waals surface area contributed by atoms with Gasteiger partial charge in [-0.3, -0.25) is 14.4 Å². The van der Waals surface area contributed by atoms with E-state index < -0.39 is 26.7 Å². The standard InChI is InChI=1S/C25H27ClN4O6S2/c1-14(31)28-16-5-3-15(4-6-16)18-11-21-20(12-19(18)26)30-25(37-21)23(38(34,35)10-9-36-2)24(33)27-13-22(32)29-17-7-8-17/h3-6,11-12,17,23H,7-10,13H2,1-2H3,(H,27,33)(H,28,31)(H,29,32). The van der Waals surface area contributed by atoms with E-state index in [9.17, 15) is 22.8 Å². The molecule has 2 aromatic carbocycles. The number of hydrogen-bond acceptors (Lipinski definition) is 8. The number of carbonyl (C=O) groups excluding carboxylic acids is 3. The van der Waals surface area contributed by atoms with E-state index in [-0.39, 0.29) is 36.0 Å². The number of anilines is 1. The maximum absolute atomic E-state index is 13.2. The molecular formula is C25H27ClN4O6S2. The second kappa shape index (κ2) is 11.8. The van der Waals surface area contributed by atoms with E-state index in [0.29, 0.717) is 26.5 Å². The summed E-state index contributed by atoms with van der Waals surface area (Å²) in [5, 5.41) is 6.76. The Labute approximate surface area is 229 Å². The first kappa shape index (κ1) is 28.0. The summed E-state index contributed by atoms with van der Waals surface area (Å²) < 4.78 is 31.9. The van der Waals surface area contributed by atoms with Crippen LogP contribution < -0.4 is 16.0 Å². The summed E-state index contributed by atoms with van der Waals surface area (Å²) in [5.41, 5.74) is 2.55. The number of sulfone groups is 1. The van der Waals surface area contributed by atoms with Crippen LogP contribution >= 0.6 is 22.9 Å². The molecule has 0 bridgehead atoms. The van der Waals surface area contributed by atoms with E-state index in [1.807, 2.05) is 0 Å². The molecule has 38 heavy (non-hydrogen) atoms. The molecule has 1 aromatic heterocycles. The van der Waals surface area contributed by atoms with Gasteiger partial charge in [0.1, 0.15) is 5.01 Å². The van der Waals surface area contributed by atoms with Crippen LogP contribution in [0.15, 0.2) is 36.4 Å². The quantitative estimate of drug-likeness (QED) is 0.317. The largest absolute Gasteiger partial charge is 0.384 e. The summed E-state index contributed by atoms with van der Waals surface area (Å²) in [5.74, 6) is -1.78. The number of methoxy groups -OCH3 is 1. The van der Waals surface area contributed by atoms with Gasteiger partial charge in [0, 0.05) is 31.3 Å². The molecule has 1 unspecified atom stereocenters. The van der Waals surface area contributed by atoms with Gasteiger partial charge in [0.2, 0.25) is 17.7 Å². The Morgan fingerprint density at radius 3 is 2.53 bits per heavy atom. The Morgan fingerprint density at radius 1 is 1.18 bits per heavy atom. The average molecular weight is 579 g/mol. The Morgan fingerprint density at radius 2 is 1.89 bits per heavy atom. The molecule has 1 atom stereocenters. The predicted octanol–water partition coefficient (Wildman–Crippen LogP) is 3.07. The molecule has 0 aliphatic heterocycles. The number of hydrogen-bond donors (Lipinski definition) is 3. The van der Waals surface area contributed by atoms with Crippen molar-refractivity contribution in [1.29, 1.82) is 0 Å². The van der Waals surface area contributed by atoms with Crippen molar-refractivity contribution in [2.24, 2.45) is 0 Å². The third-order valence-electron chi connectivity index (χ3n) is 5.77. The minimum absolute atomic E-state index is 0.0745. The third kappa shape index (κ3) is 6.87. The number of fused-ring (bicyclic) bond motifs is 1. The third-order valence-corrected chi connectivity index (χ3v) is 9.21. The zero-order valence-electron chi connectivity index (χ0n) is 20.7. The van der Waals surface area contributed by atoms with Gasteiger partial charge in [-0.2, -0.15) is 0 Å². The monoisotopic (exact) mass is 578 g/mol. The van der Waals surface area contributed by atoms with Crippen molar-refractivity contribution in [2.45, 2.75) is 31.1 Å². The number of carbonyl (C=O) groups is 3. The van der Waals surface area contributed by atoms with Crippen LogP contribution in [0.3, 0.4) is 0 Å². The number of nitrogens with zero attached hydrogens (tertiary/aromatic N) is 1. The molecule has 202 valence electrons. The van der Waals surface area contributed by atoms with Gasteiger partial charge in [-0.1, -0.05) is 23.7 Å². The second-order valence-electron chi connectivity index (χ2n) is 8.91. The Bertz CT molecular complexity index is 1470. The van der Waals surface area contributed by atoms with Crippen LogP contribution in [0.2, 0.25) is 5.02 Å². The van der Waals surface area contributed by atoms with Crippen LogP contribution in [0.1, 0.15) is 30.0 Å². The molecule has 4 rings (SSSR count). The summed E-state index contributed by atoms with van der Waals surface area (Å²) >= 11 is 7.61. The minimum atomic E-state index is -4.02. The predicted molar refractivity (Wildman–Crippen MR) is 147 cm³/mol. The number of aromatic nitrogens is 1. The van der Waals surface area contributed by atoms with Crippen LogP contribution in [0.25, 0.3) is 21.3 Å². The highest BCUT2D eigenvalue weighted by Gasteiger charge is 2.37. The minimum Gasteiger partial charge on any atom is -0.384 e. The van der Waals surface area contributed by atoms with Crippen LogP contribution in [-0.4, -0.2) is 63.2 Å². The summed E-state index contributed by atoms with van der Waals surface area (Å²) in [6.45, 7) is 0.997. The lowest BCUT2D eigenvalue weighted by atomic mass is 10.0. The molecule has 10 nitrogen and oxygen atoms in total. The molecule has 0 spiro atoms. The molecule has 1 aliphatic rings. The van der Waals surface area contributed by atoms with Gasteiger partial charge < -0.3 is 20.7 Å². The van der Waals surface area contributed by atoms with Crippen LogP contribution in [-0.2, 0) is 29.0 Å². The smallest absolute Gasteiger partial charge is 0.245 e. The van der Waals surface area contributed by atoms with Crippen molar-refractivity contribution in [3.63, 3.8) is 0 Å². The fraction of sp³-hybridized carbons (Fsp3) is 0.360. The van der Waals surface area contributed by atoms with E-state index in [0.717, 1.165) is 29.7 Å². The van der Waals surface area contributed by atoms with Crippen molar-refractivity contribution in [3.05, 3.63) is 46.4 Å². The molecule has 0 radical (unpaired) electrons. The number of amides is 3. The number of ether oxygens (including phenoxy) is 1. The normalized spacial score (nSPS) is 14.2. The lowest BCUT2D eigenvalue weighted by molar-refractivity contribution is -0.126. The zero-order chi connectivity index (χ0) is 27.4. The van der Waals surface area contributed by atoms with E-state index in [1.165, 1.54) is 14.0 Å². The zero-order valence-corrected chi connectivity index (χ0v) is 23.1. The number of nitrogens with one attached hydrogen (secondary N) is 3. The van der Waals surface area contributed by atoms with Gasteiger partial charge in [0.15, 0.2) is 15.1 Å². The number of halogens is 1. The Kier molecular flexibility index (Phi) is 8.66. The molecule has 1 fully saturated rings. The van der Waals surface area contributed by atoms with Crippen LogP contribution in [0.4, 0.5) is 5.69 Å². The molecule has 1 aliphatic carbocycles. The molecule has 1 saturated carbocycles. The van der Waals surface area contributed by atoms with Gasteiger partial charge in [-0.05, 0) is 42.7 Å². The van der Waals surface area contributed by atoms with Crippen molar-refractivity contribution in [3.8, 4) is 11.1 Å². The van der Waals surface area contributed by atoms with Gasteiger partial charge in [0.25, 0.3) is 0 Å². The fourth-order valence-electron chi connectivity index (χ4n) is 3.75. The molecular weight excluding hydrogens is 552 g/mol. The van der Waals surface area contributed by atoms with E-state index in [4.69, 9.17) is 16.3 Å². The highest BCUT2D eigenvalue weighted by atomic mass is 35.5. The number of thiazole rings is 1. The summed E-state index contributed by atoms with van der Waals surface area (Å²) in [4.78, 5) is 40.9. The van der Waals surface area contributed by atoms with Crippen molar-refractivity contribution in [1.82, 2.24) is 15.6 Å². The SMILES string of the molecule is COCCS(=O)(=O)C(C(=O)NCC(=O)NC1CC1)c1nc2cc(Cl)c(-c3ccc(NC(C)=O)cc3)cc2s1. The average Bonchev–Trinajstić information content (AvgIpc) is 3.58. The molecule has 3 aromatic rings. The summed E-state index contributed by atoms with van der Waals surface area (Å²) in [7, 11) is -2.65. The molecule has 1 heterocycles. The Hall–Kier alpha value is -3.06. The fourth-order valence-corrected chi connectivity index (χ4v) is 6.97. The van der Waals surface area contributed by atoms with E-state index >= 15 is 0 Å². The molecule has 3 amide bonds. The van der Waals surface area contributed by atoms with E-state index in [2.05, 4.69) is 20.9 Å². The van der Waals surface area contributed by atoms with Crippen LogP contribution in [0, 0.1) is 0 Å². The van der Waals surface area contributed by atoms with E-state index in [1.54, 1.807) is 36.4 Å². The second-order valence-corrected chi connectivity index (χ2v) is 12.6. The molecule has 3 N–H and O–H groups in total. The number of benzene rings is 2. The van der Waals surface area contributed by atoms with Gasteiger partial charge in [-0.15, -0.1) is 11.3 Å². The first-order valence-electron chi connectivity index (χ1n) is 11.8. The maximum atomic E-state index is 13.2. The Balaban J connectivity index is 1.64. The summed E-state index contributed by atoms with van der Waals surface area (Å²) in [6.07, 6.45) is 1.78. The van der Waals surface area contributed by atoms with Gasteiger partial charge >= 0.3 is 0 Å². The maximum Gasteiger partial charge on any atom is 0.245 e. The van der Waals surface area contributed by atoms with Gasteiger partial charge in [0.05, 0.1) is 34.1 Å². The van der Waals surface area contributed by atoms with Crippen molar-refractivity contribution >= 4 is 66.4 Å². The molecule has 0 saturated heterocycles. The van der Waals surface area contributed by atoms with Crippen molar-refractivity contribution < 1.29 is 27.5 Å². The highest BCUT2D eigenvalue weighted by Crippen LogP contribution is 2.38. The molecule has 13 heteroatoms. The summed E-state index contributed by atoms with van der Waals surface area (Å²) in [6, 6.07) is 10.6. The van der Waals surface area contributed by atoms with Crippen molar-refractivity contribution in [2.75, 3.05) is 31.3 Å². The lowest BCUT2D eigenvalue weighted by Crippen LogP contribution is -2.41. The number of rotatable bonds is 11. The first-order chi connectivity index (χ1) is 18.1. The topological polar surface area (TPSA) is 144 Å². The first-order valence-corrected chi connectivity index (χ1v) is 14.7.